The van der Waals surface area contributed by atoms with Gasteiger partial charge in [-0.05, 0) is 45.6 Å². The largest absolute Gasteiger partial charge is 0.480 e. The van der Waals surface area contributed by atoms with Crippen molar-refractivity contribution in [2.45, 2.75) is 52.0 Å². The minimum absolute atomic E-state index is 0.0842. The molecule has 0 spiro atoms. The van der Waals surface area contributed by atoms with E-state index in [0.29, 0.717) is 19.5 Å². The zero-order valence-corrected chi connectivity index (χ0v) is 11.5. The molecule has 0 saturated heterocycles. The van der Waals surface area contributed by atoms with Crippen LogP contribution in [-0.2, 0) is 9.59 Å². The molecule has 0 aromatic heterocycles. The molecule has 0 bridgehead atoms. The summed E-state index contributed by atoms with van der Waals surface area (Å²) in [5.41, 5.74) is 4.49. The fourth-order valence-electron chi connectivity index (χ4n) is 2.54. The second-order valence-electron chi connectivity index (χ2n) is 5.74. The van der Waals surface area contributed by atoms with Gasteiger partial charge in [-0.15, -0.1) is 0 Å². The number of hydrogen-bond acceptors (Lipinski definition) is 3. The van der Waals surface area contributed by atoms with Crippen LogP contribution in [0, 0.1) is 5.41 Å². The Kier molecular flexibility index (Phi) is 4.37. The average Bonchev–Trinajstić information content (AvgIpc) is 2.23. The predicted octanol–water partition coefficient (Wildman–Crippen LogP) is 1.22. The number of nitrogens with two attached hydrogens (primary N) is 1. The first-order chi connectivity index (χ1) is 8.29. The van der Waals surface area contributed by atoms with E-state index in [1.165, 1.54) is 4.90 Å². The molecule has 104 valence electrons. The molecule has 5 nitrogen and oxygen atoms in total. The van der Waals surface area contributed by atoms with Crippen LogP contribution in [0.4, 0.5) is 0 Å². The van der Waals surface area contributed by atoms with Crippen LogP contribution >= 0.6 is 0 Å². The van der Waals surface area contributed by atoms with Gasteiger partial charge >= 0.3 is 5.97 Å². The molecule has 0 atom stereocenters. The lowest BCUT2D eigenvalue weighted by Gasteiger charge is -2.43. The third-order valence-corrected chi connectivity index (χ3v) is 4.19. The fourth-order valence-corrected chi connectivity index (χ4v) is 2.54. The van der Waals surface area contributed by atoms with Gasteiger partial charge in [0.2, 0.25) is 5.91 Å². The molecule has 0 unspecified atom stereocenters. The van der Waals surface area contributed by atoms with Crippen LogP contribution in [0.2, 0.25) is 0 Å². The highest BCUT2D eigenvalue weighted by molar-refractivity contribution is 5.86. The first-order valence-corrected chi connectivity index (χ1v) is 6.53. The first kappa shape index (κ1) is 15.0. The molecular formula is C13H24N2O3. The highest BCUT2D eigenvalue weighted by Crippen LogP contribution is 2.43. The second-order valence-corrected chi connectivity index (χ2v) is 5.74. The fraction of sp³-hybridized carbons (Fsp3) is 0.846. The number of carboxylic acids is 1. The summed E-state index contributed by atoms with van der Waals surface area (Å²) in [7, 11) is 0. The SMILES string of the molecule is CCN(C(=O)CC1(CN)CCC1)C(C)(C)C(=O)O. The smallest absolute Gasteiger partial charge is 0.329 e. The molecule has 5 heteroatoms. The van der Waals surface area contributed by atoms with Crippen LogP contribution in [0.15, 0.2) is 0 Å². The van der Waals surface area contributed by atoms with Crippen molar-refractivity contribution in [1.29, 1.82) is 0 Å². The molecule has 1 fully saturated rings. The Morgan fingerprint density at radius 1 is 1.39 bits per heavy atom. The number of carbonyl (C=O) groups excluding carboxylic acids is 1. The molecule has 1 aliphatic rings. The monoisotopic (exact) mass is 256 g/mol. The topological polar surface area (TPSA) is 83.6 Å². The summed E-state index contributed by atoms with van der Waals surface area (Å²) in [6, 6.07) is 0. The zero-order chi connectivity index (χ0) is 14.0. The highest BCUT2D eigenvalue weighted by atomic mass is 16.4. The molecule has 0 radical (unpaired) electrons. The third-order valence-electron chi connectivity index (χ3n) is 4.19. The molecule has 1 amide bonds. The number of rotatable bonds is 6. The Morgan fingerprint density at radius 2 is 1.94 bits per heavy atom. The molecule has 1 saturated carbocycles. The minimum atomic E-state index is -1.16. The number of carbonyl (C=O) groups is 2. The standard InChI is InChI=1S/C13H24N2O3/c1-4-15(12(2,3)11(17)18)10(16)8-13(9-14)6-5-7-13/h4-9,14H2,1-3H3,(H,17,18). The number of carboxylic acid groups (broad SMARTS) is 1. The molecule has 3 N–H and O–H groups in total. The van der Waals surface area contributed by atoms with Crippen molar-refractivity contribution in [3.8, 4) is 0 Å². The van der Waals surface area contributed by atoms with Crippen molar-refractivity contribution in [3.63, 3.8) is 0 Å². The van der Waals surface area contributed by atoms with Crippen LogP contribution in [-0.4, -0.2) is 40.5 Å². The summed E-state index contributed by atoms with van der Waals surface area (Å²) in [6.07, 6.45) is 3.42. The van der Waals surface area contributed by atoms with E-state index in [1.54, 1.807) is 20.8 Å². The Balaban J connectivity index is 2.77. The maximum absolute atomic E-state index is 12.3. The van der Waals surface area contributed by atoms with Crippen LogP contribution in [0.5, 0.6) is 0 Å². The molecule has 0 aromatic rings. The van der Waals surface area contributed by atoms with Gasteiger partial charge < -0.3 is 15.7 Å². The summed E-state index contributed by atoms with van der Waals surface area (Å²) < 4.78 is 0. The van der Waals surface area contributed by atoms with Gasteiger partial charge in [0, 0.05) is 13.0 Å². The minimum Gasteiger partial charge on any atom is -0.480 e. The second kappa shape index (κ2) is 5.26. The maximum atomic E-state index is 12.3. The Bertz CT molecular complexity index is 330. The zero-order valence-electron chi connectivity index (χ0n) is 11.5. The van der Waals surface area contributed by atoms with Crippen LogP contribution in [0.1, 0.15) is 46.5 Å². The van der Waals surface area contributed by atoms with Crippen molar-refractivity contribution in [2.75, 3.05) is 13.1 Å². The van der Waals surface area contributed by atoms with E-state index in [1.807, 2.05) is 0 Å². The van der Waals surface area contributed by atoms with Gasteiger partial charge in [-0.2, -0.15) is 0 Å². The third kappa shape index (κ3) is 2.66. The molecule has 18 heavy (non-hydrogen) atoms. The Morgan fingerprint density at radius 3 is 2.22 bits per heavy atom. The number of amides is 1. The molecule has 1 rings (SSSR count). The van der Waals surface area contributed by atoms with Crippen molar-refractivity contribution in [3.05, 3.63) is 0 Å². The van der Waals surface area contributed by atoms with E-state index in [-0.39, 0.29) is 11.3 Å². The Labute approximate surface area is 108 Å². The summed E-state index contributed by atoms with van der Waals surface area (Å²) >= 11 is 0. The highest BCUT2D eigenvalue weighted by Gasteiger charge is 2.42. The van der Waals surface area contributed by atoms with Gasteiger partial charge in [0.1, 0.15) is 5.54 Å². The molecule has 1 aliphatic carbocycles. The van der Waals surface area contributed by atoms with Crippen LogP contribution < -0.4 is 5.73 Å². The van der Waals surface area contributed by atoms with E-state index in [2.05, 4.69) is 0 Å². The van der Waals surface area contributed by atoms with Gasteiger partial charge in [0.25, 0.3) is 0 Å². The summed E-state index contributed by atoms with van der Waals surface area (Å²) in [5.74, 6) is -1.08. The average molecular weight is 256 g/mol. The van der Waals surface area contributed by atoms with Crippen molar-refractivity contribution >= 4 is 11.9 Å². The Hall–Kier alpha value is -1.10. The molecule has 0 aliphatic heterocycles. The molecular weight excluding hydrogens is 232 g/mol. The summed E-state index contributed by atoms with van der Waals surface area (Å²) in [5, 5.41) is 9.20. The lowest BCUT2D eigenvalue weighted by Crippen LogP contribution is -2.54. The maximum Gasteiger partial charge on any atom is 0.329 e. The lowest BCUT2D eigenvalue weighted by molar-refractivity contribution is -0.158. The van der Waals surface area contributed by atoms with Crippen LogP contribution in [0.3, 0.4) is 0 Å². The van der Waals surface area contributed by atoms with Crippen molar-refractivity contribution in [1.82, 2.24) is 4.90 Å². The van der Waals surface area contributed by atoms with Crippen LogP contribution in [0.25, 0.3) is 0 Å². The van der Waals surface area contributed by atoms with E-state index >= 15 is 0 Å². The summed E-state index contributed by atoms with van der Waals surface area (Å²) in [6.45, 7) is 5.83. The first-order valence-electron chi connectivity index (χ1n) is 6.53. The number of hydrogen-bond donors (Lipinski definition) is 2. The van der Waals surface area contributed by atoms with Crippen molar-refractivity contribution < 1.29 is 14.7 Å². The number of nitrogens with zero attached hydrogens (tertiary/aromatic N) is 1. The lowest BCUT2D eigenvalue weighted by atomic mass is 9.66. The summed E-state index contributed by atoms with van der Waals surface area (Å²) in [4.78, 5) is 25.0. The quantitative estimate of drug-likeness (QED) is 0.748. The van der Waals surface area contributed by atoms with Gasteiger partial charge in [0.05, 0.1) is 0 Å². The van der Waals surface area contributed by atoms with Gasteiger partial charge in [-0.3, -0.25) is 4.79 Å². The van der Waals surface area contributed by atoms with E-state index < -0.39 is 11.5 Å². The molecule has 0 aromatic carbocycles. The predicted molar refractivity (Wildman–Crippen MR) is 69.1 cm³/mol. The van der Waals surface area contributed by atoms with E-state index in [9.17, 15) is 14.7 Å². The number of aliphatic carboxylic acids is 1. The number of likely N-dealkylation sites (N-methyl/N-ethyl adjacent to an activating group) is 1. The van der Waals surface area contributed by atoms with Crippen molar-refractivity contribution in [2.24, 2.45) is 11.1 Å². The van der Waals surface area contributed by atoms with Gasteiger partial charge in [0.15, 0.2) is 0 Å². The van der Waals surface area contributed by atoms with Gasteiger partial charge in [-0.25, -0.2) is 4.79 Å². The van der Waals surface area contributed by atoms with E-state index in [4.69, 9.17) is 5.73 Å². The van der Waals surface area contributed by atoms with E-state index in [0.717, 1.165) is 19.3 Å². The van der Waals surface area contributed by atoms with Gasteiger partial charge in [-0.1, -0.05) is 6.42 Å². The molecule has 0 heterocycles. The normalized spacial score (nSPS) is 18.0.